The van der Waals surface area contributed by atoms with Crippen LogP contribution in [0.2, 0.25) is 0 Å². The Morgan fingerprint density at radius 1 is 0.844 bits per heavy atom. The summed E-state index contributed by atoms with van der Waals surface area (Å²) in [6, 6.07) is 19.8. The van der Waals surface area contributed by atoms with Crippen molar-refractivity contribution in [1.29, 1.82) is 0 Å². The number of anilines is 1. The van der Waals surface area contributed by atoms with Gasteiger partial charge in [-0.1, -0.05) is 36.6 Å². The molecule has 32 heavy (non-hydrogen) atoms. The SMILES string of the molecule is CN(C)c1ccccc1-c1[c-]cc(P(C2CC3CCC2C3)C2CC3CC[C@H]2C3)cc1.[Cl][Pd+]. The Labute approximate surface area is 210 Å². The van der Waals surface area contributed by atoms with Crippen LogP contribution in [0.3, 0.4) is 0 Å². The molecule has 0 spiro atoms. The van der Waals surface area contributed by atoms with Crippen LogP contribution >= 0.6 is 17.5 Å². The first-order valence-corrected chi connectivity index (χ1v) is 15.8. The second-order valence-electron chi connectivity index (χ2n) is 10.8. The molecule has 6 unspecified atom stereocenters. The van der Waals surface area contributed by atoms with E-state index in [1.54, 1.807) is 18.1 Å². The van der Waals surface area contributed by atoms with E-state index in [1.807, 2.05) is 0 Å². The van der Waals surface area contributed by atoms with Crippen LogP contribution in [0.15, 0.2) is 42.5 Å². The third-order valence-corrected chi connectivity index (χ3v) is 12.5. The maximum atomic E-state index is 4.49. The van der Waals surface area contributed by atoms with Gasteiger partial charge in [-0.15, -0.1) is 43.1 Å². The standard InChI is InChI=1S/C28H35NP.ClH.Pd/c1-29(2)26-6-4-3-5-25(26)21-11-13-24(14-12-21)30(27-17-19-7-9-22(27)15-19)28-18-20-8-10-23(28)16-20;;/h3-6,11,13-14,19-20,22-23,27-28H,7-10,15-18H2,1-2H3;1H;/q-1;;+2/p-1/t19?,20?,22-,23?,27?,28?,30?;;/m0../s1. The molecule has 4 fully saturated rings. The molecule has 0 heterocycles. The van der Waals surface area contributed by atoms with Gasteiger partial charge in [0.15, 0.2) is 0 Å². The van der Waals surface area contributed by atoms with Crippen LogP contribution in [0.1, 0.15) is 51.4 Å². The topological polar surface area (TPSA) is 3.24 Å². The van der Waals surface area contributed by atoms with Crippen molar-refractivity contribution in [3.63, 3.8) is 0 Å². The van der Waals surface area contributed by atoms with Gasteiger partial charge in [0.2, 0.25) is 0 Å². The Balaban J connectivity index is 0.00000105. The van der Waals surface area contributed by atoms with Gasteiger partial charge in [-0.3, -0.25) is 0 Å². The van der Waals surface area contributed by atoms with Crippen molar-refractivity contribution in [2.24, 2.45) is 23.7 Å². The van der Waals surface area contributed by atoms with Gasteiger partial charge >= 0.3 is 27.7 Å². The average Bonchev–Trinajstić information content (AvgIpc) is 3.64. The molecule has 7 atom stereocenters. The fraction of sp³-hybridized carbons (Fsp3) is 0.571. The number of fused-ring (bicyclic) bond motifs is 4. The van der Waals surface area contributed by atoms with Crippen molar-refractivity contribution < 1.29 is 18.2 Å². The summed E-state index contributed by atoms with van der Waals surface area (Å²) >= 11 is 2.22. The van der Waals surface area contributed by atoms with Gasteiger partial charge < -0.3 is 4.90 Å². The van der Waals surface area contributed by atoms with Crippen LogP contribution in [0, 0.1) is 29.7 Å². The van der Waals surface area contributed by atoms with Gasteiger partial charge in [-0.2, -0.15) is 0 Å². The molecule has 4 aliphatic rings. The van der Waals surface area contributed by atoms with Crippen molar-refractivity contribution in [2.75, 3.05) is 19.0 Å². The van der Waals surface area contributed by atoms with E-state index in [2.05, 4.69) is 95.2 Å². The van der Waals surface area contributed by atoms with Crippen LogP contribution in [0.4, 0.5) is 5.69 Å². The number of rotatable bonds is 5. The first-order valence-electron chi connectivity index (χ1n) is 12.4. The number of hydrogen-bond acceptors (Lipinski definition) is 1. The van der Waals surface area contributed by atoms with Crippen LogP contribution in [0.25, 0.3) is 11.1 Å². The zero-order valence-electron chi connectivity index (χ0n) is 19.3. The zero-order valence-corrected chi connectivity index (χ0v) is 22.5. The van der Waals surface area contributed by atoms with Gasteiger partial charge in [0.1, 0.15) is 0 Å². The molecule has 2 aromatic carbocycles. The molecule has 0 radical (unpaired) electrons. The van der Waals surface area contributed by atoms with Crippen molar-refractivity contribution in [1.82, 2.24) is 0 Å². The summed E-state index contributed by atoms with van der Waals surface area (Å²) in [5.41, 5.74) is 5.86. The van der Waals surface area contributed by atoms with E-state index in [-0.39, 0.29) is 7.92 Å². The molecule has 0 N–H and O–H groups in total. The van der Waals surface area contributed by atoms with Crippen LogP contribution in [0.5, 0.6) is 0 Å². The Kier molecular flexibility index (Phi) is 7.36. The van der Waals surface area contributed by atoms with E-state index in [9.17, 15) is 0 Å². The third-order valence-electron chi connectivity index (χ3n) is 8.89. The molecular formula is C28H35ClNPPd. The van der Waals surface area contributed by atoms with Gasteiger partial charge in [-0.25, -0.2) is 0 Å². The number of hydrogen-bond donors (Lipinski definition) is 0. The van der Waals surface area contributed by atoms with E-state index >= 15 is 0 Å². The number of benzene rings is 2. The summed E-state index contributed by atoms with van der Waals surface area (Å²) in [7, 11) is 8.73. The summed E-state index contributed by atoms with van der Waals surface area (Å²) in [6.45, 7) is 0. The van der Waals surface area contributed by atoms with Crippen LogP contribution in [-0.2, 0) is 18.2 Å². The molecule has 0 amide bonds. The van der Waals surface area contributed by atoms with Gasteiger partial charge in [-0.05, 0) is 79.6 Å². The minimum atomic E-state index is -0.0305. The Morgan fingerprint density at radius 3 is 1.94 bits per heavy atom. The van der Waals surface area contributed by atoms with Crippen LogP contribution in [-0.4, -0.2) is 25.4 Å². The monoisotopic (exact) mass is 557 g/mol. The van der Waals surface area contributed by atoms with Crippen LogP contribution < -0.4 is 10.2 Å². The zero-order chi connectivity index (χ0) is 22.2. The van der Waals surface area contributed by atoms with E-state index in [4.69, 9.17) is 0 Å². The van der Waals surface area contributed by atoms with Crippen molar-refractivity contribution in [3.8, 4) is 11.1 Å². The van der Waals surface area contributed by atoms with Gasteiger partial charge in [0.25, 0.3) is 0 Å². The van der Waals surface area contributed by atoms with E-state index in [1.165, 1.54) is 55.3 Å². The summed E-state index contributed by atoms with van der Waals surface area (Å²) in [5.74, 6) is 4.18. The normalized spacial score (nSPS) is 33.2. The van der Waals surface area contributed by atoms with E-state index in [0.717, 1.165) is 35.0 Å². The summed E-state index contributed by atoms with van der Waals surface area (Å²) in [5, 5.41) is 1.67. The number of nitrogens with zero attached hydrogens (tertiary/aromatic N) is 1. The molecule has 1 nitrogen and oxygen atoms in total. The minimum absolute atomic E-state index is 0.0305. The van der Waals surface area contributed by atoms with Crippen molar-refractivity contribution >= 4 is 28.4 Å². The fourth-order valence-electron chi connectivity index (χ4n) is 7.57. The van der Waals surface area contributed by atoms with E-state index in [0.29, 0.717) is 0 Å². The molecule has 0 saturated heterocycles. The molecule has 4 aliphatic carbocycles. The second-order valence-corrected chi connectivity index (χ2v) is 13.4. The van der Waals surface area contributed by atoms with Gasteiger partial charge in [0.05, 0.1) is 0 Å². The Bertz CT molecular complexity index is 888. The first-order chi connectivity index (χ1) is 15.7. The summed E-state index contributed by atoms with van der Waals surface area (Å²) < 4.78 is 0. The van der Waals surface area contributed by atoms with E-state index < -0.39 is 0 Å². The molecule has 4 bridgehead atoms. The van der Waals surface area contributed by atoms with Gasteiger partial charge in [0, 0.05) is 19.8 Å². The molecule has 174 valence electrons. The Morgan fingerprint density at radius 2 is 1.47 bits per heavy atom. The number of para-hydroxylation sites is 1. The summed E-state index contributed by atoms with van der Waals surface area (Å²) in [6.07, 6.45) is 12.2. The quantitative estimate of drug-likeness (QED) is 0.210. The van der Waals surface area contributed by atoms with Crippen molar-refractivity contribution in [2.45, 2.75) is 62.7 Å². The second kappa shape index (κ2) is 10.1. The Hall–Kier alpha value is -0.378. The molecule has 0 aliphatic heterocycles. The average molecular weight is 558 g/mol. The summed E-state index contributed by atoms with van der Waals surface area (Å²) in [4.78, 5) is 2.22. The molecule has 6 rings (SSSR count). The molecule has 0 aromatic heterocycles. The van der Waals surface area contributed by atoms with Crippen molar-refractivity contribution in [3.05, 3.63) is 48.5 Å². The third kappa shape index (κ3) is 4.36. The first kappa shape index (κ1) is 23.4. The molecular weight excluding hydrogens is 523 g/mol. The maximum absolute atomic E-state index is 4.49. The number of halogens is 1. The predicted molar refractivity (Wildman–Crippen MR) is 136 cm³/mol. The molecule has 2 aromatic rings. The fourth-order valence-corrected chi connectivity index (χ4v) is 11.8. The predicted octanol–water partition coefficient (Wildman–Crippen LogP) is 7.39. The molecule has 4 heteroatoms. The molecule has 4 saturated carbocycles.